The highest BCUT2D eigenvalue weighted by atomic mass is 32.1. The van der Waals surface area contributed by atoms with Gasteiger partial charge in [-0.1, -0.05) is 115 Å². The molecule has 0 spiro atoms. The van der Waals surface area contributed by atoms with Gasteiger partial charge in [0.05, 0.1) is 10.2 Å². The Morgan fingerprint density at radius 2 is 0.976 bits per heavy atom. The number of fused-ring (bicyclic) bond motifs is 5. The lowest BCUT2D eigenvalue weighted by atomic mass is 10.0. The normalized spacial score (nSPS) is 11.4. The van der Waals surface area contributed by atoms with Crippen molar-refractivity contribution in [3.05, 3.63) is 134 Å². The van der Waals surface area contributed by atoms with Gasteiger partial charge < -0.3 is 0 Å². The minimum Gasteiger partial charge on any atom is -0.254 e. The molecule has 41 heavy (non-hydrogen) atoms. The Morgan fingerprint density at radius 3 is 1.63 bits per heavy atom. The van der Waals surface area contributed by atoms with Crippen LogP contribution in [0.1, 0.15) is 0 Å². The molecule has 0 fully saturated rings. The number of nitrogens with zero attached hydrogens (tertiary/aromatic N) is 4. The van der Waals surface area contributed by atoms with Gasteiger partial charge in [0, 0.05) is 43.7 Å². The Hall–Kier alpha value is -5.26. The fourth-order valence-electron chi connectivity index (χ4n) is 5.28. The number of aromatic nitrogens is 4. The van der Waals surface area contributed by atoms with Gasteiger partial charge in [-0.15, -0.1) is 11.3 Å². The molecule has 0 amide bonds. The summed E-state index contributed by atoms with van der Waals surface area (Å²) in [7, 11) is 0. The van der Waals surface area contributed by atoms with Crippen molar-refractivity contribution in [2.75, 3.05) is 0 Å². The van der Waals surface area contributed by atoms with E-state index in [2.05, 4.69) is 66.7 Å². The minimum absolute atomic E-state index is 0.652. The molecule has 0 radical (unpaired) electrons. The molecule has 0 unspecified atom stereocenters. The van der Waals surface area contributed by atoms with Gasteiger partial charge in [-0.25, -0.2) is 15.0 Å². The molecular formula is C36H22N4S. The molecule has 0 aliphatic rings. The lowest BCUT2D eigenvalue weighted by Crippen LogP contribution is -2.00. The summed E-state index contributed by atoms with van der Waals surface area (Å²) in [6.07, 6.45) is 2.00. The molecule has 5 heteroatoms. The fourth-order valence-corrected chi connectivity index (χ4v) is 6.48. The number of thiophene rings is 1. The van der Waals surface area contributed by atoms with Gasteiger partial charge in [-0.3, -0.25) is 4.98 Å². The summed E-state index contributed by atoms with van der Waals surface area (Å²) in [5, 5.41) is 3.60. The van der Waals surface area contributed by atoms with E-state index in [0.717, 1.165) is 38.7 Å². The molecule has 5 aromatic carbocycles. The second-order valence-electron chi connectivity index (χ2n) is 9.95. The first-order valence-electron chi connectivity index (χ1n) is 13.5. The average Bonchev–Trinajstić information content (AvgIpc) is 3.44. The lowest BCUT2D eigenvalue weighted by molar-refractivity contribution is 1.07. The van der Waals surface area contributed by atoms with Crippen molar-refractivity contribution < 1.29 is 0 Å². The largest absolute Gasteiger partial charge is 0.254 e. The highest BCUT2D eigenvalue weighted by molar-refractivity contribution is 7.26. The number of pyridine rings is 1. The van der Waals surface area contributed by atoms with Crippen LogP contribution in [-0.4, -0.2) is 19.9 Å². The molecule has 8 aromatic rings. The molecule has 0 atom stereocenters. The Bertz CT molecular complexity index is 2130. The molecule has 0 aliphatic carbocycles. The summed E-state index contributed by atoms with van der Waals surface area (Å²) in [4.78, 5) is 19.4. The molecule has 0 saturated heterocycles. The van der Waals surface area contributed by atoms with Crippen molar-refractivity contribution >= 4 is 42.4 Å². The van der Waals surface area contributed by atoms with E-state index in [-0.39, 0.29) is 0 Å². The molecule has 4 nitrogen and oxygen atoms in total. The van der Waals surface area contributed by atoms with Gasteiger partial charge in [-0.2, -0.15) is 0 Å². The molecule has 3 aromatic heterocycles. The van der Waals surface area contributed by atoms with Crippen LogP contribution < -0.4 is 0 Å². The summed E-state index contributed by atoms with van der Waals surface area (Å²) >= 11 is 1.81. The van der Waals surface area contributed by atoms with Crippen molar-refractivity contribution in [1.29, 1.82) is 0 Å². The van der Waals surface area contributed by atoms with Crippen LogP contribution in [0.15, 0.2) is 134 Å². The summed E-state index contributed by atoms with van der Waals surface area (Å²) in [5.74, 6) is 1.97. The number of rotatable bonds is 4. The van der Waals surface area contributed by atoms with Crippen LogP contribution in [0.4, 0.5) is 0 Å². The van der Waals surface area contributed by atoms with Crippen LogP contribution in [0.3, 0.4) is 0 Å². The van der Waals surface area contributed by atoms with Crippen molar-refractivity contribution in [3.63, 3.8) is 0 Å². The molecule has 0 saturated carbocycles. The zero-order chi connectivity index (χ0) is 27.2. The van der Waals surface area contributed by atoms with E-state index in [1.165, 1.54) is 20.2 Å². The number of benzene rings is 5. The topological polar surface area (TPSA) is 51.6 Å². The first kappa shape index (κ1) is 23.6. The molecule has 0 bridgehead atoms. The van der Waals surface area contributed by atoms with Gasteiger partial charge in [0.1, 0.15) is 0 Å². The summed E-state index contributed by atoms with van der Waals surface area (Å²) < 4.78 is 2.51. The molecule has 3 heterocycles. The SMILES string of the molecule is c1ccc(-c2nc(-c3ccccc3)nc(-c3ccc(-c4ccc5c(cnc6c7ccccc7sc56)c4)cc3)n2)cc1. The molecule has 8 rings (SSSR count). The lowest BCUT2D eigenvalue weighted by Gasteiger charge is -2.09. The maximum atomic E-state index is 4.86. The van der Waals surface area contributed by atoms with Gasteiger partial charge in [0.15, 0.2) is 17.5 Å². The maximum Gasteiger partial charge on any atom is 0.164 e. The van der Waals surface area contributed by atoms with E-state index in [4.69, 9.17) is 19.9 Å². The van der Waals surface area contributed by atoms with Crippen LogP contribution in [0.5, 0.6) is 0 Å². The predicted octanol–water partition coefficient (Wildman–Crippen LogP) is 9.46. The second kappa shape index (κ2) is 9.73. The van der Waals surface area contributed by atoms with E-state index < -0.39 is 0 Å². The number of hydrogen-bond acceptors (Lipinski definition) is 5. The summed E-state index contributed by atoms with van der Waals surface area (Å²) in [5.41, 5.74) is 6.23. The standard InChI is InChI=1S/C36H22N4S/c1-3-9-24(10-4-1)34-38-35(25-11-5-2-6-12-25)40-36(39-34)26-17-15-23(16-18-26)27-19-20-29-28(21-27)22-37-32-30-13-7-8-14-31(30)41-33(29)32/h1-22H. The van der Waals surface area contributed by atoms with Gasteiger partial charge in [-0.05, 0) is 23.3 Å². The van der Waals surface area contributed by atoms with Crippen LogP contribution in [0, 0.1) is 0 Å². The third kappa shape index (κ3) is 4.24. The molecule has 0 aliphatic heterocycles. The molecular weight excluding hydrogens is 520 g/mol. The van der Waals surface area contributed by atoms with Crippen LogP contribution in [0.2, 0.25) is 0 Å². The first-order chi connectivity index (χ1) is 20.3. The predicted molar refractivity (Wildman–Crippen MR) is 170 cm³/mol. The monoisotopic (exact) mass is 542 g/mol. The van der Waals surface area contributed by atoms with Crippen LogP contribution in [-0.2, 0) is 0 Å². The first-order valence-corrected chi connectivity index (χ1v) is 14.3. The third-order valence-electron chi connectivity index (χ3n) is 7.37. The maximum absolute atomic E-state index is 4.86. The third-order valence-corrected chi connectivity index (χ3v) is 8.57. The van der Waals surface area contributed by atoms with Crippen LogP contribution in [0.25, 0.3) is 76.4 Å². The Labute approximate surface area is 240 Å². The minimum atomic E-state index is 0.652. The van der Waals surface area contributed by atoms with Gasteiger partial charge in [0.2, 0.25) is 0 Å². The van der Waals surface area contributed by atoms with E-state index in [1.54, 1.807) is 0 Å². The molecule has 0 N–H and O–H groups in total. The second-order valence-corrected chi connectivity index (χ2v) is 11.0. The summed E-state index contributed by atoms with van der Waals surface area (Å²) in [6.45, 7) is 0. The van der Waals surface area contributed by atoms with E-state index >= 15 is 0 Å². The molecule has 192 valence electrons. The van der Waals surface area contributed by atoms with Crippen molar-refractivity contribution in [1.82, 2.24) is 19.9 Å². The zero-order valence-electron chi connectivity index (χ0n) is 21.9. The number of hydrogen-bond donors (Lipinski definition) is 0. The van der Waals surface area contributed by atoms with Crippen LogP contribution >= 0.6 is 11.3 Å². The van der Waals surface area contributed by atoms with E-state index in [0.29, 0.717) is 17.5 Å². The Balaban J connectivity index is 1.18. The van der Waals surface area contributed by atoms with Gasteiger partial charge >= 0.3 is 0 Å². The van der Waals surface area contributed by atoms with Crippen molar-refractivity contribution in [2.24, 2.45) is 0 Å². The average molecular weight is 543 g/mol. The Kier molecular flexibility index (Phi) is 5.61. The highest BCUT2D eigenvalue weighted by Gasteiger charge is 2.13. The zero-order valence-corrected chi connectivity index (χ0v) is 22.7. The van der Waals surface area contributed by atoms with E-state index in [9.17, 15) is 0 Å². The quantitative estimate of drug-likeness (QED) is 0.222. The van der Waals surface area contributed by atoms with Crippen molar-refractivity contribution in [3.8, 4) is 45.3 Å². The summed E-state index contributed by atoms with van der Waals surface area (Å²) in [6, 6.07) is 43.7. The van der Waals surface area contributed by atoms with Crippen molar-refractivity contribution in [2.45, 2.75) is 0 Å². The van der Waals surface area contributed by atoms with E-state index in [1.807, 2.05) is 78.2 Å². The smallest absolute Gasteiger partial charge is 0.164 e. The highest BCUT2D eigenvalue weighted by Crippen LogP contribution is 2.38. The Morgan fingerprint density at radius 1 is 0.439 bits per heavy atom. The fraction of sp³-hybridized carbons (Fsp3) is 0. The van der Waals surface area contributed by atoms with Gasteiger partial charge in [0.25, 0.3) is 0 Å².